The first-order chi connectivity index (χ1) is 7.56. The highest BCUT2D eigenvalue weighted by atomic mass is 32.2. The molecule has 0 radical (unpaired) electrons. The maximum atomic E-state index is 11.9. The van der Waals surface area contributed by atoms with E-state index in [1.807, 2.05) is 6.92 Å². The number of carbonyl (C=O) groups is 1. The van der Waals surface area contributed by atoms with Crippen molar-refractivity contribution in [3.8, 4) is 0 Å². The van der Waals surface area contributed by atoms with Crippen LogP contribution in [0.3, 0.4) is 0 Å². The first-order valence-electron chi connectivity index (χ1n) is 5.30. The van der Waals surface area contributed by atoms with Crippen LogP contribution in [0.25, 0.3) is 0 Å². The summed E-state index contributed by atoms with van der Waals surface area (Å²) in [6.07, 6.45) is 3.15. The third-order valence-corrected chi connectivity index (χ3v) is 4.13. The molecule has 0 aliphatic rings. The number of aryl methyl sites for hydroxylation is 1. The van der Waals surface area contributed by atoms with Gasteiger partial charge in [0.2, 0.25) is 0 Å². The van der Waals surface area contributed by atoms with Gasteiger partial charge in [-0.3, -0.25) is 9.48 Å². The normalized spacial score (nSPS) is 11.6. The minimum atomic E-state index is -3.39. The molecule has 1 aromatic heterocycles. The van der Waals surface area contributed by atoms with Gasteiger partial charge in [-0.1, -0.05) is 13.8 Å². The molecule has 0 unspecified atom stereocenters. The van der Waals surface area contributed by atoms with Crippen molar-refractivity contribution in [1.82, 2.24) is 9.78 Å². The molecular formula is C10H16N2O3S. The third kappa shape index (κ3) is 2.49. The van der Waals surface area contributed by atoms with Gasteiger partial charge in [0.15, 0.2) is 21.1 Å². The molecular weight excluding hydrogens is 228 g/mol. The van der Waals surface area contributed by atoms with Gasteiger partial charge in [0.1, 0.15) is 0 Å². The van der Waals surface area contributed by atoms with E-state index in [2.05, 4.69) is 5.10 Å². The van der Waals surface area contributed by atoms with Gasteiger partial charge in [-0.2, -0.15) is 5.10 Å². The minimum absolute atomic E-state index is 0.0449. The Morgan fingerprint density at radius 2 is 2.06 bits per heavy atom. The molecule has 16 heavy (non-hydrogen) atoms. The van der Waals surface area contributed by atoms with Gasteiger partial charge in [-0.25, -0.2) is 8.42 Å². The topological polar surface area (TPSA) is 69.0 Å². The summed E-state index contributed by atoms with van der Waals surface area (Å²) in [6.45, 7) is 4.23. The summed E-state index contributed by atoms with van der Waals surface area (Å²) in [5, 5.41) is 3.99. The molecule has 0 saturated carbocycles. The smallest absolute Gasteiger partial charge is 0.196 e. The summed E-state index contributed by atoms with van der Waals surface area (Å²) in [7, 11) is -3.39. The lowest BCUT2D eigenvalue weighted by Gasteiger charge is -2.07. The van der Waals surface area contributed by atoms with Crippen LogP contribution in [0.1, 0.15) is 37.0 Å². The maximum Gasteiger partial charge on any atom is 0.196 e. The van der Waals surface area contributed by atoms with Gasteiger partial charge < -0.3 is 0 Å². The fourth-order valence-electron chi connectivity index (χ4n) is 1.55. The molecule has 0 aromatic carbocycles. The standard InChI is InChI=1S/C10H16N2O3S/c1-3-5-12-10(9(8-13)7-11-12)16(14,15)6-4-2/h7-8H,3-6H2,1-2H3. The number of aromatic nitrogens is 2. The number of rotatable bonds is 6. The largest absolute Gasteiger partial charge is 0.298 e. The molecule has 90 valence electrons. The van der Waals surface area contributed by atoms with Crippen LogP contribution in [0.2, 0.25) is 0 Å². The Hall–Kier alpha value is -1.17. The quantitative estimate of drug-likeness (QED) is 0.707. The van der Waals surface area contributed by atoms with E-state index in [1.54, 1.807) is 6.92 Å². The molecule has 0 aliphatic carbocycles. The molecule has 1 heterocycles. The van der Waals surface area contributed by atoms with Crippen LogP contribution < -0.4 is 0 Å². The lowest BCUT2D eigenvalue weighted by molar-refractivity contribution is 0.112. The second-order valence-electron chi connectivity index (χ2n) is 3.56. The highest BCUT2D eigenvalue weighted by Crippen LogP contribution is 2.16. The van der Waals surface area contributed by atoms with Gasteiger partial charge in [-0.05, 0) is 12.8 Å². The van der Waals surface area contributed by atoms with E-state index in [0.29, 0.717) is 19.3 Å². The molecule has 1 rings (SSSR count). The van der Waals surface area contributed by atoms with Crippen molar-refractivity contribution in [3.63, 3.8) is 0 Å². The summed E-state index contributed by atoms with van der Waals surface area (Å²) in [5.41, 5.74) is 0.155. The van der Waals surface area contributed by atoms with Crippen molar-refractivity contribution in [2.45, 2.75) is 38.3 Å². The number of hydrogen-bond donors (Lipinski definition) is 0. The molecule has 0 saturated heterocycles. The van der Waals surface area contributed by atoms with Crippen LogP contribution in [0, 0.1) is 0 Å². The molecule has 0 N–H and O–H groups in total. The van der Waals surface area contributed by atoms with E-state index in [9.17, 15) is 13.2 Å². The SMILES string of the molecule is CCCn1ncc(C=O)c1S(=O)(=O)CCC. The van der Waals surface area contributed by atoms with E-state index in [1.165, 1.54) is 10.9 Å². The zero-order chi connectivity index (χ0) is 12.2. The number of carbonyl (C=O) groups excluding carboxylic acids is 1. The van der Waals surface area contributed by atoms with Gasteiger partial charge in [0, 0.05) is 6.54 Å². The first kappa shape index (κ1) is 12.9. The van der Waals surface area contributed by atoms with Crippen molar-refractivity contribution >= 4 is 16.1 Å². The van der Waals surface area contributed by atoms with Gasteiger partial charge in [0.05, 0.1) is 17.5 Å². The highest BCUT2D eigenvalue weighted by molar-refractivity contribution is 7.91. The van der Waals surface area contributed by atoms with Crippen molar-refractivity contribution < 1.29 is 13.2 Å². The second kappa shape index (κ2) is 5.25. The van der Waals surface area contributed by atoms with Crippen molar-refractivity contribution in [2.24, 2.45) is 0 Å². The zero-order valence-electron chi connectivity index (χ0n) is 9.51. The van der Waals surface area contributed by atoms with E-state index >= 15 is 0 Å². The maximum absolute atomic E-state index is 11.9. The van der Waals surface area contributed by atoms with E-state index in [4.69, 9.17) is 0 Å². The molecule has 1 aromatic rings. The average molecular weight is 244 g/mol. The molecule has 0 atom stereocenters. The van der Waals surface area contributed by atoms with Crippen molar-refractivity contribution in [2.75, 3.05) is 5.75 Å². The van der Waals surface area contributed by atoms with Crippen LogP contribution in [0.4, 0.5) is 0 Å². The Labute approximate surface area is 95.4 Å². The Morgan fingerprint density at radius 1 is 1.38 bits per heavy atom. The van der Waals surface area contributed by atoms with Crippen LogP contribution in [-0.4, -0.2) is 30.2 Å². The summed E-state index contributed by atoms with van der Waals surface area (Å²) < 4.78 is 25.3. The van der Waals surface area contributed by atoms with E-state index < -0.39 is 9.84 Å². The summed E-state index contributed by atoms with van der Waals surface area (Å²) >= 11 is 0. The third-order valence-electron chi connectivity index (χ3n) is 2.15. The predicted octanol–water partition coefficient (Wildman–Crippen LogP) is 1.29. The van der Waals surface area contributed by atoms with Crippen molar-refractivity contribution in [3.05, 3.63) is 11.8 Å². The average Bonchev–Trinajstić information content (AvgIpc) is 2.62. The molecule has 0 spiro atoms. The minimum Gasteiger partial charge on any atom is -0.298 e. The van der Waals surface area contributed by atoms with Gasteiger partial charge in [0.25, 0.3) is 0 Å². The Bertz CT molecular complexity index is 462. The number of sulfone groups is 1. The molecule has 0 bridgehead atoms. The number of hydrogen-bond acceptors (Lipinski definition) is 4. The second-order valence-corrected chi connectivity index (χ2v) is 5.59. The molecule has 6 heteroatoms. The summed E-state index contributed by atoms with van der Waals surface area (Å²) in [5.74, 6) is 0.0449. The summed E-state index contributed by atoms with van der Waals surface area (Å²) in [6, 6.07) is 0. The fourth-order valence-corrected chi connectivity index (χ4v) is 3.20. The highest BCUT2D eigenvalue weighted by Gasteiger charge is 2.23. The van der Waals surface area contributed by atoms with E-state index in [0.717, 1.165) is 6.42 Å². The van der Waals surface area contributed by atoms with Crippen molar-refractivity contribution in [1.29, 1.82) is 0 Å². The monoisotopic (exact) mass is 244 g/mol. The number of nitrogens with zero attached hydrogens (tertiary/aromatic N) is 2. The molecule has 0 amide bonds. The predicted molar refractivity (Wildman–Crippen MR) is 60.2 cm³/mol. The fraction of sp³-hybridized carbons (Fsp3) is 0.600. The van der Waals surface area contributed by atoms with Crippen LogP contribution in [-0.2, 0) is 16.4 Å². The number of aldehydes is 1. The van der Waals surface area contributed by atoms with Gasteiger partial charge in [-0.15, -0.1) is 0 Å². The lowest BCUT2D eigenvalue weighted by atomic mass is 10.4. The Morgan fingerprint density at radius 3 is 2.56 bits per heavy atom. The van der Waals surface area contributed by atoms with Gasteiger partial charge >= 0.3 is 0 Å². The lowest BCUT2D eigenvalue weighted by Crippen LogP contribution is -2.15. The van der Waals surface area contributed by atoms with E-state index in [-0.39, 0.29) is 16.3 Å². The Balaban J connectivity index is 3.27. The molecule has 0 aliphatic heterocycles. The Kier molecular flexibility index (Phi) is 4.23. The molecule has 0 fully saturated rings. The van der Waals surface area contributed by atoms with Crippen LogP contribution in [0.5, 0.6) is 0 Å². The summed E-state index contributed by atoms with van der Waals surface area (Å²) in [4.78, 5) is 10.8. The van der Waals surface area contributed by atoms with Crippen LogP contribution >= 0.6 is 0 Å². The molecule has 5 nitrogen and oxygen atoms in total. The first-order valence-corrected chi connectivity index (χ1v) is 6.95. The zero-order valence-corrected chi connectivity index (χ0v) is 10.3. The van der Waals surface area contributed by atoms with Crippen LogP contribution in [0.15, 0.2) is 11.2 Å².